The number of nitrogens with zero attached hydrogens (tertiary/aromatic N) is 3. The van der Waals surface area contributed by atoms with Crippen LogP contribution in [0.5, 0.6) is 0 Å². The topological polar surface area (TPSA) is 95.1 Å². The number of amides is 3. The first-order chi connectivity index (χ1) is 15.6. The minimum Gasteiger partial charge on any atom is -0.338 e. The van der Waals surface area contributed by atoms with E-state index in [-0.39, 0.29) is 37.3 Å². The zero-order chi connectivity index (χ0) is 24.1. The van der Waals surface area contributed by atoms with E-state index in [0.717, 1.165) is 9.21 Å². The van der Waals surface area contributed by atoms with Gasteiger partial charge in [0.2, 0.25) is 15.9 Å². The van der Waals surface area contributed by atoms with Gasteiger partial charge in [-0.05, 0) is 31.2 Å². The summed E-state index contributed by atoms with van der Waals surface area (Å²) in [7, 11) is -4.48. The van der Waals surface area contributed by atoms with Crippen LogP contribution in [0.1, 0.15) is 27.6 Å². The predicted molar refractivity (Wildman–Crippen MR) is 108 cm³/mol. The van der Waals surface area contributed by atoms with Gasteiger partial charge in [-0.1, -0.05) is 12.1 Å². The molecule has 0 bridgehead atoms. The highest BCUT2D eigenvalue weighted by Gasteiger charge is 2.42. The van der Waals surface area contributed by atoms with Gasteiger partial charge in [-0.2, -0.15) is 4.31 Å². The molecule has 12 heteroatoms. The summed E-state index contributed by atoms with van der Waals surface area (Å²) < 4.78 is 67.0. The summed E-state index contributed by atoms with van der Waals surface area (Å²) >= 11 is 0. The number of piperazine rings is 1. The maximum Gasteiger partial charge on any atom is 0.262 e. The number of benzene rings is 2. The van der Waals surface area contributed by atoms with Crippen LogP contribution in [-0.2, 0) is 14.8 Å². The molecule has 2 aliphatic rings. The van der Waals surface area contributed by atoms with Gasteiger partial charge in [-0.3, -0.25) is 19.3 Å². The van der Waals surface area contributed by atoms with Crippen LogP contribution in [0.25, 0.3) is 0 Å². The summed E-state index contributed by atoms with van der Waals surface area (Å²) in [5.74, 6) is -6.95. The van der Waals surface area contributed by atoms with Gasteiger partial charge in [0.25, 0.3) is 11.8 Å². The SMILES string of the molecule is CC(C(=O)N1CCN(S(=O)(=O)c2ccc(F)c(F)c2F)CC1)N1C(=O)c2ccccc2C1=O. The molecule has 8 nitrogen and oxygen atoms in total. The van der Waals surface area contributed by atoms with Gasteiger partial charge < -0.3 is 4.90 Å². The first kappa shape index (κ1) is 22.9. The summed E-state index contributed by atoms with van der Waals surface area (Å²) in [6.45, 7) is 0.736. The molecule has 2 heterocycles. The lowest BCUT2D eigenvalue weighted by Gasteiger charge is -2.36. The standard InChI is InChI=1S/C21H18F3N3O5S/c1-12(27-20(29)13-4-2-3-5-14(13)21(27)30)19(28)25-8-10-26(11-9-25)33(31,32)16-7-6-15(22)17(23)18(16)24/h2-7,12H,8-11H2,1H3. The molecule has 174 valence electrons. The second-order valence-electron chi connectivity index (χ2n) is 7.60. The van der Waals surface area contributed by atoms with E-state index in [1.54, 1.807) is 12.1 Å². The number of carbonyl (C=O) groups excluding carboxylic acids is 3. The van der Waals surface area contributed by atoms with Crippen LogP contribution in [-0.4, -0.2) is 72.5 Å². The molecule has 0 aliphatic carbocycles. The van der Waals surface area contributed by atoms with Gasteiger partial charge >= 0.3 is 0 Å². The lowest BCUT2D eigenvalue weighted by molar-refractivity contribution is -0.136. The van der Waals surface area contributed by atoms with Crippen molar-refractivity contribution in [3.05, 3.63) is 65.0 Å². The first-order valence-electron chi connectivity index (χ1n) is 9.95. The maximum atomic E-state index is 14.0. The van der Waals surface area contributed by atoms with Crippen molar-refractivity contribution < 1.29 is 36.0 Å². The summed E-state index contributed by atoms with van der Waals surface area (Å²) in [4.78, 5) is 39.3. The molecule has 0 spiro atoms. The van der Waals surface area contributed by atoms with Crippen LogP contribution in [0.15, 0.2) is 41.3 Å². The Balaban J connectivity index is 1.46. The van der Waals surface area contributed by atoms with Crippen LogP contribution in [0, 0.1) is 17.5 Å². The minimum atomic E-state index is -4.48. The van der Waals surface area contributed by atoms with E-state index >= 15 is 0 Å². The Labute approximate surface area is 187 Å². The number of carbonyl (C=O) groups is 3. The molecule has 1 atom stereocenters. The van der Waals surface area contributed by atoms with Crippen LogP contribution < -0.4 is 0 Å². The van der Waals surface area contributed by atoms with Crippen molar-refractivity contribution in [2.75, 3.05) is 26.2 Å². The van der Waals surface area contributed by atoms with E-state index in [9.17, 15) is 36.0 Å². The molecular formula is C21H18F3N3O5S. The van der Waals surface area contributed by atoms with Gasteiger partial charge in [-0.15, -0.1) is 0 Å². The molecule has 2 aliphatic heterocycles. The van der Waals surface area contributed by atoms with Crippen LogP contribution >= 0.6 is 0 Å². The second-order valence-corrected chi connectivity index (χ2v) is 9.51. The van der Waals surface area contributed by atoms with Gasteiger partial charge in [0.15, 0.2) is 17.5 Å². The highest BCUT2D eigenvalue weighted by atomic mass is 32.2. The fourth-order valence-electron chi connectivity index (χ4n) is 3.93. The first-order valence-corrected chi connectivity index (χ1v) is 11.4. The van der Waals surface area contributed by atoms with Crippen molar-refractivity contribution in [1.82, 2.24) is 14.1 Å². The lowest BCUT2D eigenvalue weighted by Crippen LogP contribution is -2.56. The molecule has 0 radical (unpaired) electrons. The van der Waals surface area contributed by atoms with Crippen molar-refractivity contribution in [3.8, 4) is 0 Å². The predicted octanol–water partition coefficient (Wildman–Crippen LogP) is 1.62. The molecule has 1 fully saturated rings. The van der Waals surface area contributed by atoms with E-state index in [0.29, 0.717) is 12.1 Å². The average molecular weight is 481 g/mol. The number of imide groups is 1. The molecule has 1 unspecified atom stereocenters. The molecule has 2 aromatic rings. The molecule has 4 rings (SSSR count). The van der Waals surface area contributed by atoms with Gasteiger partial charge in [0.05, 0.1) is 11.1 Å². The molecular weight excluding hydrogens is 463 g/mol. The molecule has 1 saturated heterocycles. The Morgan fingerprint density at radius 3 is 1.97 bits per heavy atom. The molecule has 0 aromatic heterocycles. The summed E-state index contributed by atoms with van der Waals surface area (Å²) in [6.07, 6.45) is 0. The highest BCUT2D eigenvalue weighted by Crippen LogP contribution is 2.27. The zero-order valence-corrected chi connectivity index (χ0v) is 18.1. The normalized spacial score (nSPS) is 17.9. The smallest absolute Gasteiger partial charge is 0.262 e. The molecule has 33 heavy (non-hydrogen) atoms. The van der Waals surface area contributed by atoms with E-state index in [1.165, 1.54) is 24.0 Å². The van der Waals surface area contributed by atoms with E-state index in [4.69, 9.17) is 0 Å². The quantitative estimate of drug-likeness (QED) is 0.489. The largest absolute Gasteiger partial charge is 0.338 e. The molecule has 0 saturated carbocycles. The van der Waals surface area contributed by atoms with Crippen molar-refractivity contribution in [1.29, 1.82) is 0 Å². The lowest BCUT2D eigenvalue weighted by atomic mass is 10.1. The highest BCUT2D eigenvalue weighted by molar-refractivity contribution is 7.89. The average Bonchev–Trinajstić information content (AvgIpc) is 3.06. The Morgan fingerprint density at radius 1 is 0.879 bits per heavy atom. The molecule has 3 amide bonds. The van der Waals surface area contributed by atoms with E-state index < -0.39 is 56.1 Å². The van der Waals surface area contributed by atoms with Crippen molar-refractivity contribution >= 4 is 27.7 Å². The fraction of sp³-hybridized carbons (Fsp3) is 0.286. The number of fused-ring (bicyclic) bond motifs is 1. The number of hydrogen-bond donors (Lipinski definition) is 0. The number of halogens is 3. The molecule has 2 aromatic carbocycles. The third-order valence-electron chi connectivity index (χ3n) is 5.74. The Kier molecular flexibility index (Phi) is 5.74. The van der Waals surface area contributed by atoms with Crippen molar-refractivity contribution in [2.45, 2.75) is 17.9 Å². The van der Waals surface area contributed by atoms with E-state index in [1.807, 2.05) is 0 Å². The van der Waals surface area contributed by atoms with E-state index in [2.05, 4.69) is 0 Å². The van der Waals surface area contributed by atoms with Crippen LogP contribution in [0.2, 0.25) is 0 Å². The monoisotopic (exact) mass is 481 g/mol. The van der Waals surface area contributed by atoms with Gasteiger partial charge in [0, 0.05) is 26.2 Å². The van der Waals surface area contributed by atoms with Crippen molar-refractivity contribution in [2.24, 2.45) is 0 Å². The minimum absolute atomic E-state index is 0.100. The summed E-state index contributed by atoms with van der Waals surface area (Å²) in [5.41, 5.74) is 0.401. The van der Waals surface area contributed by atoms with Crippen LogP contribution in [0.3, 0.4) is 0 Å². The Hall–Kier alpha value is -3.25. The third kappa shape index (κ3) is 3.68. The molecule has 0 N–H and O–H groups in total. The maximum absolute atomic E-state index is 14.0. The summed E-state index contributed by atoms with van der Waals surface area (Å²) in [5, 5.41) is 0. The van der Waals surface area contributed by atoms with Crippen molar-refractivity contribution in [3.63, 3.8) is 0 Å². The number of rotatable bonds is 4. The zero-order valence-electron chi connectivity index (χ0n) is 17.3. The Morgan fingerprint density at radius 2 is 1.42 bits per heavy atom. The van der Waals surface area contributed by atoms with Gasteiger partial charge in [0.1, 0.15) is 10.9 Å². The third-order valence-corrected chi connectivity index (χ3v) is 7.65. The Bertz CT molecular complexity index is 1240. The van der Waals surface area contributed by atoms with Crippen LogP contribution in [0.4, 0.5) is 13.2 Å². The fourth-order valence-corrected chi connectivity index (χ4v) is 5.41. The van der Waals surface area contributed by atoms with Gasteiger partial charge in [-0.25, -0.2) is 21.6 Å². The second kappa shape index (κ2) is 8.27. The summed E-state index contributed by atoms with van der Waals surface area (Å²) in [6, 6.07) is 6.25. The number of sulfonamides is 1. The number of hydrogen-bond acceptors (Lipinski definition) is 5.